The van der Waals surface area contributed by atoms with Crippen LogP contribution in [0.3, 0.4) is 0 Å². The number of carbonyl (C=O) groups is 1. The third-order valence-corrected chi connectivity index (χ3v) is 4.48. The van der Waals surface area contributed by atoms with Crippen molar-refractivity contribution in [3.05, 3.63) is 43.8 Å². The fourth-order valence-electron chi connectivity index (χ4n) is 2.75. The van der Waals surface area contributed by atoms with E-state index in [-0.39, 0.29) is 11.6 Å². The normalized spacial score (nSPS) is 16.2. The Bertz CT molecular complexity index is 762. The van der Waals surface area contributed by atoms with Crippen LogP contribution in [0.25, 0.3) is 10.9 Å². The molecule has 21 heavy (non-hydrogen) atoms. The summed E-state index contributed by atoms with van der Waals surface area (Å²) in [6.45, 7) is 1.32. The molecule has 0 aliphatic carbocycles. The molecule has 1 aromatic carbocycles. The maximum atomic E-state index is 12.3. The van der Waals surface area contributed by atoms with Crippen LogP contribution < -0.4 is 5.43 Å². The zero-order valence-electron chi connectivity index (χ0n) is 11.2. The summed E-state index contributed by atoms with van der Waals surface area (Å²) < 4.78 is 8.21. The summed E-state index contributed by atoms with van der Waals surface area (Å²) in [6, 6.07) is 5.73. The van der Waals surface area contributed by atoms with Gasteiger partial charge in [-0.25, -0.2) is 4.79 Å². The van der Waals surface area contributed by atoms with Crippen LogP contribution in [0.4, 0.5) is 0 Å². The smallest absolute Gasteiger partial charge is 0.341 e. The van der Waals surface area contributed by atoms with Crippen molar-refractivity contribution in [1.82, 2.24) is 4.57 Å². The van der Waals surface area contributed by atoms with E-state index in [9.17, 15) is 14.7 Å². The lowest BCUT2D eigenvalue weighted by atomic mass is 10.1. The Morgan fingerprint density at radius 3 is 2.71 bits per heavy atom. The van der Waals surface area contributed by atoms with Crippen molar-refractivity contribution in [2.24, 2.45) is 0 Å². The number of pyridine rings is 1. The van der Waals surface area contributed by atoms with E-state index in [1.807, 2.05) is 16.7 Å². The van der Waals surface area contributed by atoms with Gasteiger partial charge in [0.1, 0.15) is 5.56 Å². The third-order valence-electron chi connectivity index (χ3n) is 3.81. The minimum Gasteiger partial charge on any atom is -0.477 e. The number of rotatable bonds is 2. The van der Waals surface area contributed by atoms with Gasteiger partial charge < -0.3 is 14.4 Å². The van der Waals surface area contributed by atoms with E-state index < -0.39 is 11.4 Å². The molecule has 1 N–H and O–H groups in total. The summed E-state index contributed by atoms with van der Waals surface area (Å²) in [5, 5.41) is 9.74. The third kappa shape index (κ3) is 2.69. The van der Waals surface area contributed by atoms with E-state index in [1.165, 1.54) is 6.20 Å². The monoisotopic (exact) mass is 399 g/mol. The van der Waals surface area contributed by atoms with Crippen LogP contribution in [0.5, 0.6) is 0 Å². The summed E-state index contributed by atoms with van der Waals surface area (Å²) in [5.74, 6) is -1.18. The van der Waals surface area contributed by atoms with Crippen molar-refractivity contribution in [2.45, 2.75) is 18.9 Å². The lowest BCUT2D eigenvalue weighted by Crippen LogP contribution is -2.24. The number of hydrogen-bond acceptors (Lipinski definition) is 3. The number of halogens is 1. The van der Waals surface area contributed by atoms with Gasteiger partial charge in [-0.3, -0.25) is 4.79 Å². The molecule has 2 aromatic rings. The van der Waals surface area contributed by atoms with E-state index in [2.05, 4.69) is 22.6 Å². The van der Waals surface area contributed by atoms with E-state index >= 15 is 0 Å². The summed E-state index contributed by atoms with van der Waals surface area (Å²) >= 11 is 2.12. The number of aromatic carboxylic acids is 1. The molecule has 3 rings (SSSR count). The molecule has 1 fully saturated rings. The first kappa shape index (κ1) is 14.5. The average molecular weight is 399 g/mol. The summed E-state index contributed by atoms with van der Waals surface area (Å²) in [6.07, 6.45) is 3.13. The van der Waals surface area contributed by atoms with Gasteiger partial charge in [0, 0.05) is 34.4 Å². The first-order valence-electron chi connectivity index (χ1n) is 6.73. The predicted molar refractivity (Wildman–Crippen MR) is 87.0 cm³/mol. The number of carboxylic acids is 1. The van der Waals surface area contributed by atoms with Crippen molar-refractivity contribution >= 4 is 39.5 Å². The standard InChI is InChI=1S/C15H14INO4/c16-9-1-2-13-11(7-9)14(18)12(15(19)20)8-17(13)10-3-5-21-6-4-10/h1-2,7-8,10H,3-6H2,(H,19,20). The predicted octanol–water partition coefficient (Wildman–Crippen LogP) is 2.66. The summed E-state index contributed by atoms with van der Waals surface area (Å²) in [5.41, 5.74) is 0.202. The molecule has 1 saturated heterocycles. The fraction of sp³-hybridized carbons (Fsp3) is 0.333. The minimum absolute atomic E-state index is 0.167. The van der Waals surface area contributed by atoms with Crippen molar-refractivity contribution in [3.63, 3.8) is 0 Å². The molecular weight excluding hydrogens is 385 g/mol. The number of ether oxygens (including phenoxy) is 1. The van der Waals surface area contributed by atoms with Gasteiger partial charge in [0.05, 0.1) is 5.52 Å². The Hall–Kier alpha value is -1.41. The molecule has 0 bridgehead atoms. The van der Waals surface area contributed by atoms with E-state index in [1.54, 1.807) is 6.07 Å². The molecule has 0 spiro atoms. The van der Waals surface area contributed by atoms with E-state index in [0.717, 1.165) is 21.9 Å². The van der Waals surface area contributed by atoms with Crippen molar-refractivity contribution < 1.29 is 14.6 Å². The highest BCUT2D eigenvalue weighted by Gasteiger charge is 2.21. The van der Waals surface area contributed by atoms with Gasteiger partial charge in [0.2, 0.25) is 5.43 Å². The maximum Gasteiger partial charge on any atom is 0.341 e. The Labute approximate surface area is 134 Å². The van der Waals surface area contributed by atoms with Gasteiger partial charge in [-0.2, -0.15) is 0 Å². The van der Waals surface area contributed by atoms with Gasteiger partial charge >= 0.3 is 5.97 Å². The highest BCUT2D eigenvalue weighted by Crippen LogP contribution is 2.26. The SMILES string of the molecule is O=C(O)c1cn(C2CCOCC2)c2ccc(I)cc2c1=O. The molecule has 2 heterocycles. The summed E-state index contributed by atoms with van der Waals surface area (Å²) in [7, 11) is 0. The largest absolute Gasteiger partial charge is 0.477 e. The lowest BCUT2D eigenvalue weighted by Gasteiger charge is -2.26. The van der Waals surface area contributed by atoms with Crippen LogP contribution in [0.2, 0.25) is 0 Å². The van der Waals surface area contributed by atoms with Crippen LogP contribution in [0.1, 0.15) is 29.2 Å². The summed E-state index contributed by atoms with van der Waals surface area (Å²) in [4.78, 5) is 23.7. The molecule has 0 radical (unpaired) electrons. The minimum atomic E-state index is -1.18. The van der Waals surface area contributed by atoms with Crippen molar-refractivity contribution in [2.75, 3.05) is 13.2 Å². The van der Waals surface area contributed by atoms with Crippen LogP contribution in [-0.4, -0.2) is 28.9 Å². The number of fused-ring (bicyclic) bond motifs is 1. The first-order chi connectivity index (χ1) is 10.1. The second-order valence-electron chi connectivity index (χ2n) is 5.09. The van der Waals surface area contributed by atoms with E-state index in [0.29, 0.717) is 18.6 Å². The molecule has 0 atom stereocenters. The Balaban J connectivity index is 2.29. The molecule has 0 amide bonds. The second-order valence-corrected chi connectivity index (χ2v) is 6.33. The molecule has 1 aliphatic heterocycles. The number of nitrogens with zero attached hydrogens (tertiary/aromatic N) is 1. The van der Waals surface area contributed by atoms with Gasteiger partial charge in [-0.1, -0.05) is 0 Å². The Morgan fingerprint density at radius 1 is 1.33 bits per heavy atom. The molecule has 5 nitrogen and oxygen atoms in total. The Morgan fingerprint density at radius 2 is 2.05 bits per heavy atom. The quantitative estimate of drug-likeness (QED) is 0.789. The van der Waals surface area contributed by atoms with Crippen molar-refractivity contribution in [3.8, 4) is 0 Å². The molecule has 0 unspecified atom stereocenters. The second kappa shape index (κ2) is 5.76. The molecule has 0 saturated carbocycles. The maximum absolute atomic E-state index is 12.3. The van der Waals surface area contributed by atoms with Crippen LogP contribution in [-0.2, 0) is 4.74 Å². The number of benzene rings is 1. The molecule has 110 valence electrons. The number of carboxylic acid groups (broad SMARTS) is 1. The Kier molecular flexibility index (Phi) is 3.99. The average Bonchev–Trinajstić information content (AvgIpc) is 2.48. The van der Waals surface area contributed by atoms with Crippen molar-refractivity contribution in [1.29, 1.82) is 0 Å². The lowest BCUT2D eigenvalue weighted by molar-refractivity contribution is 0.0681. The van der Waals surface area contributed by atoms with Gasteiger partial charge in [0.25, 0.3) is 0 Å². The molecular formula is C15H14INO4. The zero-order chi connectivity index (χ0) is 15.0. The number of aromatic nitrogens is 1. The van der Waals surface area contributed by atoms with Crippen LogP contribution in [0.15, 0.2) is 29.2 Å². The first-order valence-corrected chi connectivity index (χ1v) is 7.81. The topological polar surface area (TPSA) is 68.5 Å². The molecule has 6 heteroatoms. The molecule has 1 aliphatic rings. The highest BCUT2D eigenvalue weighted by atomic mass is 127. The zero-order valence-corrected chi connectivity index (χ0v) is 13.4. The van der Waals surface area contributed by atoms with Gasteiger partial charge in [0.15, 0.2) is 0 Å². The fourth-order valence-corrected chi connectivity index (χ4v) is 3.24. The van der Waals surface area contributed by atoms with Crippen LogP contribution in [0, 0.1) is 3.57 Å². The highest BCUT2D eigenvalue weighted by molar-refractivity contribution is 14.1. The number of hydrogen-bond donors (Lipinski definition) is 1. The van der Waals surface area contributed by atoms with Gasteiger partial charge in [-0.15, -0.1) is 0 Å². The molecule has 1 aromatic heterocycles. The van der Waals surface area contributed by atoms with Gasteiger partial charge in [-0.05, 0) is 53.6 Å². The van der Waals surface area contributed by atoms with Crippen LogP contribution >= 0.6 is 22.6 Å². The van der Waals surface area contributed by atoms with E-state index in [4.69, 9.17) is 4.74 Å².